The number of aryl methyl sites for hydroxylation is 1. The monoisotopic (exact) mass is 474 g/mol. The molecule has 1 aliphatic heterocycles. The molecule has 0 atom stereocenters. The molecule has 0 bridgehead atoms. The number of carbonyl (C=O) groups is 1. The first-order valence-electron chi connectivity index (χ1n) is 11.2. The second-order valence-electron chi connectivity index (χ2n) is 8.30. The van der Waals surface area contributed by atoms with Crippen LogP contribution in [-0.4, -0.2) is 59.1 Å². The second-order valence-corrected chi connectivity index (χ2v) is 9.40. The van der Waals surface area contributed by atoms with E-state index in [2.05, 4.69) is 16.8 Å². The van der Waals surface area contributed by atoms with E-state index >= 15 is 0 Å². The molecule has 34 heavy (non-hydrogen) atoms. The predicted octanol–water partition coefficient (Wildman–Crippen LogP) is 3.75. The van der Waals surface area contributed by atoms with Gasteiger partial charge in [-0.1, -0.05) is 18.2 Å². The molecule has 9 heteroatoms. The van der Waals surface area contributed by atoms with Crippen LogP contribution in [0.15, 0.2) is 48.7 Å². The molecule has 1 amide bonds. The Morgan fingerprint density at radius 3 is 2.62 bits per heavy atom. The summed E-state index contributed by atoms with van der Waals surface area (Å²) in [5.74, 6) is 1.96. The fourth-order valence-corrected chi connectivity index (χ4v) is 5.33. The van der Waals surface area contributed by atoms with E-state index in [0.29, 0.717) is 37.0 Å². The first-order valence-corrected chi connectivity index (χ1v) is 12.0. The number of hydrogen-bond donors (Lipinski definition) is 1. The largest absolute Gasteiger partial charge is 0.384 e. The number of amides is 1. The molecule has 8 nitrogen and oxygen atoms in total. The van der Waals surface area contributed by atoms with Crippen LogP contribution in [0.25, 0.3) is 21.6 Å². The van der Waals surface area contributed by atoms with Gasteiger partial charge in [-0.05, 0) is 36.8 Å². The van der Waals surface area contributed by atoms with Crippen LogP contribution in [0.2, 0.25) is 0 Å². The van der Waals surface area contributed by atoms with Gasteiger partial charge in [0.25, 0.3) is 5.91 Å². The van der Waals surface area contributed by atoms with Gasteiger partial charge in [0.05, 0.1) is 30.0 Å². The molecule has 0 aliphatic carbocycles. The fraction of sp³-hybridized carbons (Fsp3) is 0.280. The fourth-order valence-electron chi connectivity index (χ4n) is 4.01. The molecule has 0 spiro atoms. The molecule has 0 unspecified atom stereocenters. The lowest BCUT2D eigenvalue weighted by molar-refractivity contribution is 0.0786. The number of rotatable bonds is 5. The molecule has 5 rings (SSSR count). The first-order chi connectivity index (χ1) is 16.5. The van der Waals surface area contributed by atoms with Crippen LogP contribution >= 0.6 is 11.3 Å². The highest BCUT2D eigenvalue weighted by Gasteiger charge is 2.23. The zero-order valence-electron chi connectivity index (χ0n) is 19.2. The van der Waals surface area contributed by atoms with E-state index < -0.39 is 0 Å². The number of nitrogen functional groups attached to an aromatic ring is 1. The highest BCUT2D eigenvalue weighted by molar-refractivity contribution is 7.19. The number of ether oxygens (including phenoxy) is 1. The van der Waals surface area contributed by atoms with E-state index in [4.69, 9.17) is 20.4 Å². The number of aromatic nitrogens is 3. The summed E-state index contributed by atoms with van der Waals surface area (Å²) < 4.78 is 6.59. The smallest absolute Gasteiger partial charge is 0.253 e. The van der Waals surface area contributed by atoms with Gasteiger partial charge in [-0.2, -0.15) is 0 Å². The Balaban J connectivity index is 1.56. The Labute approximate surface area is 202 Å². The van der Waals surface area contributed by atoms with Crippen LogP contribution in [0.1, 0.15) is 20.8 Å². The van der Waals surface area contributed by atoms with Gasteiger partial charge in [0, 0.05) is 42.3 Å². The molecule has 2 N–H and O–H groups in total. The molecule has 1 aromatic carbocycles. The minimum absolute atomic E-state index is 0.00872. The topological polar surface area (TPSA) is 97.5 Å². The first kappa shape index (κ1) is 22.2. The van der Waals surface area contributed by atoms with E-state index in [1.165, 1.54) is 0 Å². The molecule has 1 aliphatic rings. The number of morpholine rings is 1. The van der Waals surface area contributed by atoms with E-state index in [1.807, 2.05) is 43.4 Å². The number of hydrogen-bond acceptors (Lipinski definition) is 8. The van der Waals surface area contributed by atoms with E-state index in [0.717, 1.165) is 45.1 Å². The Bertz CT molecular complexity index is 1320. The molecule has 0 radical (unpaired) electrons. The number of nitrogens with zero attached hydrogens (tertiary/aromatic N) is 5. The van der Waals surface area contributed by atoms with Gasteiger partial charge in [-0.25, -0.2) is 15.0 Å². The van der Waals surface area contributed by atoms with Crippen LogP contribution in [0, 0.1) is 6.92 Å². The van der Waals surface area contributed by atoms with Crippen molar-refractivity contribution in [2.75, 3.05) is 44.0 Å². The number of anilines is 2. The Morgan fingerprint density at radius 1 is 1.15 bits per heavy atom. The van der Waals surface area contributed by atoms with Crippen molar-refractivity contribution in [3.8, 4) is 11.4 Å². The number of pyridine rings is 1. The van der Waals surface area contributed by atoms with Crippen molar-refractivity contribution < 1.29 is 9.53 Å². The zero-order chi connectivity index (χ0) is 23.7. The maximum atomic E-state index is 12.9. The number of fused-ring (bicyclic) bond motifs is 1. The van der Waals surface area contributed by atoms with E-state index in [9.17, 15) is 4.79 Å². The zero-order valence-corrected chi connectivity index (χ0v) is 20.0. The van der Waals surface area contributed by atoms with Gasteiger partial charge in [0.2, 0.25) is 0 Å². The summed E-state index contributed by atoms with van der Waals surface area (Å²) in [5.41, 5.74) is 9.24. The number of thiophene rings is 1. The number of carbonyl (C=O) groups excluding carboxylic acids is 1. The third kappa shape index (κ3) is 4.32. The van der Waals surface area contributed by atoms with Crippen LogP contribution < -0.4 is 10.6 Å². The third-order valence-electron chi connectivity index (χ3n) is 5.95. The summed E-state index contributed by atoms with van der Waals surface area (Å²) >= 11 is 1.65. The van der Waals surface area contributed by atoms with Gasteiger partial charge in [-0.15, -0.1) is 11.3 Å². The van der Waals surface area contributed by atoms with Gasteiger partial charge < -0.3 is 20.3 Å². The van der Waals surface area contributed by atoms with E-state index in [-0.39, 0.29) is 5.91 Å². The van der Waals surface area contributed by atoms with Crippen molar-refractivity contribution in [1.82, 2.24) is 19.9 Å². The van der Waals surface area contributed by atoms with Crippen LogP contribution in [0.5, 0.6) is 0 Å². The average Bonchev–Trinajstić information content (AvgIpc) is 3.19. The van der Waals surface area contributed by atoms with Crippen molar-refractivity contribution in [3.63, 3.8) is 0 Å². The lowest BCUT2D eigenvalue weighted by atomic mass is 10.2. The van der Waals surface area contributed by atoms with Gasteiger partial charge >= 0.3 is 0 Å². The Morgan fingerprint density at radius 2 is 1.91 bits per heavy atom. The lowest BCUT2D eigenvalue weighted by Crippen LogP contribution is -2.36. The van der Waals surface area contributed by atoms with Gasteiger partial charge in [-0.3, -0.25) is 4.79 Å². The second kappa shape index (κ2) is 9.36. The summed E-state index contributed by atoms with van der Waals surface area (Å²) in [6, 6.07) is 13.0. The molecule has 1 fully saturated rings. The molecule has 3 aromatic heterocycles. The van der Waals surface area contributed by atoms with Crippen LogP contribution in [0.3, 0.4) is 0 Å². The van der Waals surface area contributed by atoms with Crippen molar-refractivity contribution in [3.05, 3.63) is 64.7 Å². The molecule has 0 saturated carbocycles. The minimum atomic E-state index is -0.00872. The average molecular weight is 475 g/mol. The molecule has 174 valence electrons. The SMILES string of the molecule is Cc1c(CN(C)C(=O)c2ccccc2)sc2c(N3CCOCC3)nc(-c3ccc(N)nc3)nc12. The molecular weight excluding hydrogens is 448 g/mol. The predicted molar refractivity (Wildman–Crippen MR) is 135 cm³/mol. The molecular formula is C25H26N6O2S. The lowest BCUT2D eigenvalue weighted by Gasteiger charge is -2.28. The summed E-state index contributed by atoms with van der Waals surface area (Å²) in [6.45, 7) is 5.43. The van der Waals surface area contributed by atoms with Crippen molar-refractivity contribution in [2.45, 2.75) is 13.5 Å². The quantitative estimate of drug-likeness (QED) is 0.470. The van der Waals surface area contributed by atoms with Gasteiger partial charge in [0.15, 0.2) is 11.6 Å². The summed E-state index contributed by atoms with van der Waals surface area (Å²) in [7, 11) is 1.83. The normalized spacial score (nSPS) is 13.9. The third-order valence-corrected chi connectivity index (χ3v) is 7.21. The molecule has 4 heterocycles. The number of nitrogens with two attached hydrogens (primary N) is 1. The Kier molecular flexibility index (Phi) is 6.12. The molecule has 1 saturated heterocycles. The van der Waals surface area contributed by atoms with Crippen LogP contribution in [0.4, 0.5) is 11.6 Å². The van der Waals surface area contributed by atoms with Crippen molar-refractivity contribution in [1.29, 1.82) is 0 Å². The standard InChI is InChI=1S/C25H26N6O2S/c1-16-19(15-30(2)25(32)17-6-4-3-5-7-17)34-22-21(16)28-23(18-8-9-20(26)27-14-18)29-24(22)31-10-12-33-13-11-31/h3-9,14H,10-13,15H2,1-2H3,(H2,26,27). The van der Waals surface area contributed by atoms with E-state index in [1.54, 1.807) is 28.5 Å². The highest BCUT2D eigenvalue weighted by Crippen LogP contribution is 2.38. The van der Waals surface area contributed by atoms with Crippen LogP contribution in [-0.2, 0) is 11.3 Å². The van der Waals surface area contributed by atoms with Crippen molar-refractivity contribution in [2.24, 2.45) is 0 Å². The number of benzene rings is 1. The maximum absolute atomic E-state index is 12.9. The minimum Gasteiger partial charge on any atom is -0.384 e. The van der Waals surface area contributed by atoms with Gasteiger partial charge in [0.1, 0.15) is 5.82 Å². The highest BCUT2D eigenvalue weighted by atomic mass is 32.1. The summed E-state index contributed by atoms with van der Waals surface area (Å²) in [4.78, 5) is 32.1. The molecule has 4 aromatic rings. The Hall–Kier alpha value is -3.56. The maximum Gasteiger partial charge on any atom is 0.253 e. The summed E-state index contributed by atoms with van der Waals surface area (Å²) in [6.07, 6.45) is 1.70. The van der Waals surface area contributed by atoms with Crippen molar-refractivity contribution >= 4 is 39.1 Å². The summed E-state index contributed by atoms with van der Waals surface area (Å²) in [5, 5.41) is 0.